The van der Waals surface area contributed by atoms with Crippen molar-refractivity contribution >= 4 is 5.97 Å². The van der Waals surface area contributed by atoms with Crippen LogP contribution in [-0.2, 0) is 9.53 Å². The van der Waals surface area contributed by atoms with Gasteiger partial charge in [0.15, 0.2) is 0 Å². The summed E-state index contributed by atoms with van der Waals surface area (Å²) in [5.74, 6) is 2.06. The molecule has 0 amide bonds. The van der Waals surface area contributed by atoms with Crippen molar-refractivity contribution < 1.29 is 9.53 Å². The molecule has 0 aromatic heterocycles. The lowest BCUT2D eigenvalue weighted by atomic mass is 9.67. The molecular formula is C16H26O2. The van der Waals surface area contributed by atoms with E-state index in [2.05, 4.69) is 13.8 Å². The minimum Gasteiger partial charge on any atom is -0.460 e. The molecule has 1 saturated carbocycles. The van der Waals surface area contributed by atoms with E-state index in [1.165, 1.54) is 18.4 Å². The van der Waals surface area contributed by atoms with Crippen LogP contribution in [0.25, 0.3) is 0 Å². The number of fused-ring (bicyclic) bond motifs is 1. The largest absolute Gasteiger partial charge is 0.460 e. The summed E-state index contributed by atoms with van der Waals surface area (Å²) >= 11 is 0. The van der Waals surface area contributed by atoms with Gasteiger partial charge in [-0.3, -0.25) is 0 Å². The van der Waals surface area contributed by atoms with Gasteiger partial charge in [0.2, 0.25) is 0 Å². The van der Waals surface area contributed by atoms with Crippen LogP contribution in [0.15, 0.2) is 11.1 Å². The predicted octanol–water partition coefficient (Wildman–Crippen LogP) is 4.10. The molecular weight excluding hydrogens is 224 g/mol. The van der Waals surface area contributed by atoms with Crippen molar-refractivity contribution in [1.82, 2.24) is 0 Å². The highest BCUT2D eigenvalue weighted by Crippen LogP contribution is 2.45. The first-order valence-electron chi connectivity index (χ1n) is 7.42. The van der Waals surface area contributed by atoms with E-state index in [-0.39, 0.29) is 12.1 Å². The van der Waals surface area contributed by atoms with Crippen molar-refractivity contribution in [1.29, 1.82) is 0 Å². The van der Waals surface area contributed by atoms with Gasteiger partial charge in [-0.15, -0.1) is 0 Å². The van der Waals surface area contributed by atoms with Crippen molar-refractivity contribution in [3.05, 3.63) is 11.1 Å². The number of esters is 1. The second-order valence-electron chi connectivity index (χ2n) is 6.47. The summed E-state index contributed by atoms with van der Waals surface area (Å²) in [4.78, 5) is 12.2. The number of allylic oxidation sites excluding steroid dienone is 1. The molecule has 1 fully saturated rings. The van der Waals surface area contributed by atoms with Gasteiger partial charge in [-0.2, -0.15) is 0 Å². The molecule has 0 unspecified atom stereocenters. The summed E-state index contributed by atoms with van der Waals surface area (Å²) in [6.45, 7) is 8.49. The highest BCUT2D eigenvalue weighted by Gasteiger charge is 2.35. The normalized spacial score (nSPS) is 32.4. The summed E-state index contributed by atoms with van der Waals surface area (Å²) in [6.07, 6.45) is 5.74. The van der Waals surface area contributed by atoms with E-state index in [1.54, 1.807) is 0 Å². The molecule has 0 aliphatic heterocycles. The van der Waals surface area contributed by atoms with Crippen LogP contribution in [0, 0.1) is 17.8 Å². The maximum atomic E-state index is 12.2. The van der Waals surface area contributed by atoms with E-state index in [0.29, 0.717) is 5.92 Å². The van der Waals surface area contributed by atoms with Gasteiger partial charge in [0.1, 0.15) is 0 Å². The SMILES string of the molecule is CC(C)OC(=O)C1=C2C[C@@H](C)CC[C@H]2[C@H](C)CC1. The van der Waals surface area contributed by atoms with Crippen molar-refractivity contribution in [3.8, 4) is 0 Å². The van der Waals surface area contributed by atoms with E-state index >= 15 is 0 Å². The zero-order valence-electron chi connectivity index (χ0n) is 12.2. The molecule has 0 heterocycles. The summed E-state index contributed by atoms with van der Waals surface area (Å²) in [5, 5.41) is 0. The fourth-order valence-corrected chi connectivity index (χ4v) is 3.49. The fraction of sp³-hybridized carbons (Fsp3) is 0.812. The second kappa shape index (κ2) is 5.46. The van der Waals surface area contributed by atoms with E-state index in [9.17, 15) is 4.79 Å². The number of hydrogen-bond acceptors (Lipinski definition) is 2. The smallest absolute Gasteiger partial charge is 0.334 e. The minimum absolute atomic E-state index is 0.00980. The molecule has 0 aromatic carbocycles. The number of hydrogen-bond donors (Lipinski definition) is 0. The zero-order chi connectivity index (χ0) is 13.3. The number of carbonyl (C=O) groups is 1. The molecule has 0 bridgehead atoms. The fourth-order valence-electron chi connectivity index (χ4n) is 3.49. The molecule has 3 atom stereocenters. The highest BCUT2D eigenvalue weighted by atomic mass is 16.5. The lowest BCUT2D eigenvalue weighted by Gasteiger charge is -2.38. The van der Waals surface area contributed by atoms with Crippen molar-refractivity contribution in [2.75, 3.05) is 0 Å². The molecule has 0 spiro atoms. The molecule has 2 rings (SSSR count). The lowest BCUT2D eigenvalue weighted by molar-refractivity contribution is -0.143. The molecule has 0 saturated heterocycles. The Balaban J connectivity index is 2.24. The molecule has 0 radical (unpaired) electrons. The first-order chi connectivity index (χ1) is 8.49. The van der Waals surface area contributed by atoms with E-state index < -0.39 is 0 Å². The lowest BCUT2D eigenvalue weighted by Crippen LogP contribution is -2.29. The third-order valence-electron chi connectivity index (χ3n) is 4.50. The zero-order valence-corrected chi connectivity index (χ0v) is 12.2. The molecule has 2 heteroatoms. The van der Waals surface area contributed by atoms with Gasteiger partial charge in [-0.05, 0) is 63.7 Å². The van der Waals surface area contributed by atoms with E-state index in [1.807, 2.05) is 13.8 Å². The standard InChI is InChI=1S/C16H26O2/c1-10(2)18-16(17)14-8-6-12(4)13-7-5-11(3)9-15(13)14/h10-13H,5-9H2,1-4H3/t11-,12+,13-/m0/s1. The number of ether oxygens (including phenoxy) is 1. The summed E-state index contributed by atoms with van der Waals surface area (Å²) in [7, 11) is 0. The maximum absolute atomic E-state index is 12.2. The molecule has 102 valence electrons. The topological polar surface area (TPSA) is 26.3 Å². The Kier molecular flexibility index (Phi) is 4.14. The molecule has 2 aliphatic rings. The summed E-state index contributed by atoms with van der Waals surface area (Å²) in [6, 6.07) is 0. The Hall–Kier alpha value is -0.790. The number of rotatable bonds is 2. The van der Waals surface area contributed by atoms with Gasteiger partial charge < -0.3 is 4.74 Å². The molecule has 2 nitrogen and oxygen atoms in total. The Bertz CT molecular complexity index is 354. The van der Waals surface area contributed by atoms with Crippen LogP contribution in [0.4, 0.5) is 0 Å². The van der Waals surface area contributed by atoms with Crippen molar-refractivity contribution in [3.63, 3.8) is 0 Å². The molecule has 0 N–H and O–H groups in total. The van der Waals surface area contributed by atoms with E-state index in [4.69, 9.17) is 4.74 Å². The summed E-state index contributed by atoms with van der Waals surface area (Å²) < 4.78 is 5.41. The van der Waals surface area contributed by atoms with Gasteiger partial charge in [0.05, 0.1) is 6.10 Å². The van der Waals surface area contributed by atoms with Crippen LogP contribution in [0.5, 0.6) is 0 Å². The van der Waals surface area contributed by atoms with E-state index in [0.717, 1.165) is 36.7 Å². The van der Waals surface area contributed by atoms with Crippen LogP contribution in [0.3, 0.4) is 0 Å². The Labute approximate surface area is 111 Å². The van der Waals surface area contributed by atoms with Crippen LogP contribution < -0.4 is 0 Å². The average Bonchev–Trinajstić information content (AvgIpc) is 2.28. The third kappa shape index (κ3) is 2.78. The predicted molar refractivity (Wildman–Crippen MR) is 73.2 cm³/mol. The monoisotopic (exact) mass is 250 g/mol. The van der Waals surface area contributed by atoms with Crippen molar-refractivity contribution in [2.45, 2.75) is 65.9 Å². The first-order valence-corrected chi connectivity index (χ1v) is 7.42. The van der Waals surface area contributed by atoms with Gasteiger partial charge in [0.25, 0.3) is 0 Å². The van der Waals surface area contributed by atoms with Gasteiger partial charge in [-0.25, -0.2) is 4.79 Å². The van der Waals surface area contributed by atoms with Crippen LogP contribution in [-0.4, -0.2) is 12.1 Å². The quantitative estimate of drug-likeness (QED) is 0.690. The minimum atomic E-state index is -0.0500. The third-order valence-corrected chi connectivity index (χ3v) is 4.50. The first kappa shape index (κ1) is 13.6. The van der Waals surface area contributed by atoms with Gasteiger partial charge in [0, 0.05) is 5.57 Å². The van der Waals surface area contributed by atoms with Crippen LogP contribution >= 0.6 is 0 Å². The molecule has 2 aliphatic carbocycles. The average molecular weight is 250 g/mol. The van der Waals surface area contributed by atoms with Crippen LogP contribution in [0.1, 0.15) is 59.8 Å². The number of carbonyl (C=O) groups excluding carboxylic acids is 1. The van der Waals surface area contributed by atoms with Crippen molar-refractivity contribution in [2.24, 2.45) is 17.8 Å². The van der Waals surface area contributed by atoms with Crippen LogP contribution in [0.2, 0.25) is 0 Å². The second-order valence-corrected chi connectivity index (χ2v) is 6.47. The Morgan fingerprint density at radius 2 is 1.94 bits per heavy atom. The molecule has 0 aromatic rings. The Morgan fingerprint density at radius 1 is 1.22 bits per heavy atom. The maximum Gasteiger partial charge on any atom is 0.334 e. The Morgan fingerprint density at radius 3 is 2.61 bits per heavy atom. The summed E-state index contributed by atoms with van der Waals surface area (Å²) in [5.41, 5.74) is 2.44. The molecule has 18 heavy (non-hydrogen) atoms. The van der Waals surface area contributed by atoms with Gasteiger partial charge >= 0.3 is 5.97 Å². The highest BCUT2D eigenvalue weighted by molar-refractivity contribution is 5.89. The van der Waals surface area contributed by atoms with Gasteiger partial charge in [-0.1, -0.05) is 19.4 Å².